The molecule has 3 nitrogen and oxygen atoms in total. The van der Waals surface area contributed by atoms with Crippen molar-refractivity contribution < 1.29 is 18.7 Å². The van der Waals surface area contributed by atoms with E-state index in [4.69, 9.17) is 44.3 Å². The molecule has 0 saturated heterocycles. The van der Waals surface area contributed by atoms with Gasteiger partial charge in [0, 0.05) is 5.56 Å². The standard InChI is InChI=1S/C21H18Cl3FO3/c1-21(2)16(11-17(22)23)18(21)20(26)28-19(24)12-4-3-5-15(10-12)27-14-8-6-13(25)7-9-14/h3-11,16,18-19H,1-2H3. The topological polar surface area (TPSA) is 35.5 Å². The number of carbonyl (C=O) groups is 1. The van der Waals surface area contributed by atoms with Gasteiger partial charge in [-0.15, -0.1) is 0 Å². The molecule has 3 unspecified atom stereocenters. The SMILES string of the molecule is CC1(C)C(C=C(Cl)Cl)C1C(=O)OC(Cl)c1cccc(Oc2ccc(F)cc2)c1. The van der Waals surface area contributed by atoms with Crippen molar-refractivity contribution >= 4 is 40.8 Å². The van der Waals surface area contributed by atoms with Crippen molar-refractivity contribution in [2.24, 2.45) is 17.3 Å². The summed E-state index contributed by atoms with van der Waals surface area (Å²) < 4.78 is 24.2. The number of ether oxygens (including phenoxy) is 2. The summed E-state index contributed by atoms with van der Waals surface area (Å²) in [7, 11) is 0. The lowest BCUT2D eigenvalue weighted by molar-refractivity contribution is -0.148. The van der Waals surface area contributed by atoms with Crippen LogP contribution < -0.4 is 4.74 Å². The normalized spacial score (nSPS) is 20.8. The zero-order chi connectivity index (χ0) is 20.5. The number of benzene rings is 2. The van der Waals surface area contributed by atoms with Crippen LogP contribution in [0.3, 0.4) is 0 Å². The number of esters is 1. The minimum absolute atomic E-state index is 0.0954. The summed E-state index contributed by atoms with van der Waals surface area (Å²) in [6.45, 7) is 3.88. The van der Waals surface area contributed by atoms with Gasteiger partial charge in [-0.2, -0.15) is 0 Å². The fourth-order valence-corrected chi connectivity index (χ4v) is 3.67. The fourth-order valence-electron chi connectivity index (χ4n) is 3.18. The Morgan fingerprint density at radius 1 is 1.14 bits per heavy atom. The number of halogens is 4. The molecule has 1 fully saturated rings. The van der Waals surface area contributed by atoms with Crippen LogP contribution in [-0.2, 0) is 9.53 Å². The van der Waals surface area contributed by atoms with E-state index in [-0.39, 0.29) is 27.6 Å². The van der Waals surface area contributed by atoms with E-state index in [1.54, 1.807) is 30.3 Å². The molecule has 0 N–H and O–H groups in total. The van der Waals surface area contributed by atoms with Crippen LogP contribution in [0.4, 0.5) is 4.39 Å². The van der Waals surface area contributed by atoms with Gasteiger partial charge in [0.05, 0.1) is 5.92 Å². The number of rotatable bonds is 6. The molecule has 0 bridgehead atoms. The van der Waals surface area contributed by atoms with E-state index in [0.717, 1.165) is 0 Å². The molecule has 0 spiro atoms. The van der Waals surface area contributed by atoms with Crippen LogP contribution >= 0.6 is 34.8 Å². The van der Waals surface area contributed by atoms with Gasteiger partial charge in [-0.25, -0.2) is 4.39 Å². The van der Waals surface area contributed by atoms with Crippen LogP contribution in [0.5, 0.6) is 11.5 Å². The van der Waals surface area contributed by atoms with E-state index in [1.165, 1.54) is 24.3 Å². The van der Waals surface area contributed by atoms with Crippen molar-refractivity contribution in [3.63, 3.8) is 0 Å². The Balaban J connectivity index is 1.66. The van der Waals surface area contributed by atoms with E-state index in [9.17, 15) is 9.18 Å². The maximum absolute atomic E-state index is 13.0. The first kappa shape index (κ1) is 21.0. The fraction of sp³-hybridized carbons (Fsp3) is 0.286. The Hall–Kier alpha value is -1.75. The van der Waals surface area contributed by atoms with Crippen molar-refractivity contribution in [2.75, 3.05) is 0 Å². The Morgan fingerprint density at radius 3 is 2.46 bits per heavy atom. The molecule has 1 saturated carbocycles. The van der Waals surface area contributed by atoms with Gasteiger partial charge < -0.3 is 9.47 Å². The van der Waals surface area contributed by atoms with Gasteiger partial charge in [-0.1, -0.05) is 60.8 Å². The van der Waals surface area contributed by atoms with Crippen molar-refractivity contribution in [1.29, 1.82) is 0 Å². The summed E-state index contributed by atoms with van der Waals surface area (Å²) in [5.74, 6) is -0.241. The van der Waals surface area contributed by atoms with Crippen LogP contribution in [-0.4, -0.2) is 5.97 Å². The molecule has 0 heterocycles. The molecule has 7 heteroatoms. The number of allylic oxidation sites excluding steroid dienone is 1. The Morgan fingerprint density at radius 2 is 1.82 bits per heavy atom. The second-order valence-corrected chi connectivity index (χ2v) is 8.57. The number of hydrogen-bond donors (Lipinski definition) is 0. The van der Waals surface area contributed by atoms with Crippen LogP contribution in [0.1, 0.15) is 25.0 Å². The van der Waals surface area contributed by atoms with Gasteiger partial charge in [0.15, 0.2) is 0 Å². The molecular weight excluding hydrogens is 426 g/mol. The summed E-state index contributed by atoms with van der Waals surface area (Å²) in [4.78, 5) is 12.5. The summed E-state index contributed by atoms with van der Waals surface area (Å²) in [6, 6.07) is 12.5. The third kappa shape index (κ3) is 4.80. The highest BCUT2D eigenvalue weighted by atomic mass is 35.5. The lowest BCUT2D eigenvalue weighted by Gasteiger charge is -2.14. The Labute approximate surface area is 178 Å². The van der Waals surface area contributed by atoms with Crippen molar-refractivity contribution in [2.45, 2.75) is 19.4 Å². The maximum Gasteiger partial charge on any atom is 0.311 e. The molecule has 148 valence electrons. The maximum atomic E-state index is 13.0. The molecule has 3 atom stereocenters. The van der Waals surface area contributed by atoms with Crippen molar-refractivity contribution in [3.8, 4) is 11.5 Å². The van der Waals surface area contributed by atoms with Crippen LogP contribution in [0.15, 0.2) is 59.1 Å². The van der Waals surface area contributed by atoms with Crippen molar-refractivity contribution in [3.05, 3.63) is 70.5 Å². The van der Waals surface area contributed by atoms with E-state index in [0.29, 0.717) is 17.1 Å². The lowest BCUT2D eigenvalue weighted by Crippen LogP contribution is -2.12. The molecule has 2 aromatic carbocycles. The minimum Gasteiger partial charge on any atom is -0.457 e. The first-order valence-electron chi connectivity index (χ1n) is 8.59. The highest BCUT2D eigenvalue weighted by Gasteiger charge is 2.61. The predicted octanol–water partition coefficient (Wildman–Crippen LogP) is 6.99. The van der Waals surface area contributed by atoms with Gasteiger partial charge in [0.1, 0.15) is 21.8 Å². The average molecular weight is 444 g/mol. The second kappa shape index (κ2) is 8.32. The van der Waals surface area contributed by atoms with Gasteiger partial charge in [0.25, 0.3) is 0 Å². The molecule has 1 aliphatic rings. The lowest BCUT2D eigenvalue weighted by atomic mass is 10.1. The smallest absolute Gasteiger partial charge is 0.311 e. The largest absolute Gasteiger partial charge is 0.457 e. The first-order valence-corrected chi connectivity index (χ1v) is 9.78. The molecule has 0 aliphatic heterocycles. The monoisotopic (exact) mass is 442 g/mol. The van der Waals surface area contributed by atoms with E-state index >= 15 is 0 Å². The minimum atomic E-state index is -0.975. The van der Waals surface area contributed by atoms with Gasteiger partial charge in [-0.05, 0) is 53.8 Å². The summed E-state index contributed by atoms with van der Waals surface area (Å²) in [6.07, 6.45) is 1.65. The third-order valence-electron chi connectivity index (χ3n) is 4.86. The van der Waals surface area contributed by atoms with Gasteiger partial charge in [-0.3, -0.25) is 4.79 Å². The highest BCUT2D eigenvalue weighted by Crippen LogP contribution is 2.60. The quantitative estimate of drug-likeness (QED) is 0.356. The molecular formula is C21H18Cl3FO3. The van der Waals surface area contributed by atoms with Crippen molar-refractivity contribution in [1.82, 2.24) is 0 Å². The molecule has 0 aromatic heterocycles. The predicted molar refractivity (Wildman–Crippen MR) is 108 cm³/mol. The molecule has 28 heavy (non-hydrogen) atoms. The first-order chi connectivity index (χ1) is 13.2. The molecule has 0 amide bonds. The number of hydrogen-bond acceptors (Lipinski definition) is 3. The molecule has 1 aliphatic carbocycles. The van der Waals surface area contributed by atoms with E-state index in [2.05, 4.69) is 0 Å². The number of alkyl halides is 1. The Kier molecular flexibility index (Phi) is 6.23. The zero-order valence-electron chi connectivity index (χ0n) is 15.2. The van der Waals surface area contributed by atoms with E-state index < -0.39 is 11.5 Å². The third-order valence-corrected chi connectivity index (χ3v) is 5.45. The zero-order valence-corrected chi connectivity index (χ0v) is 17.4. The summed E-state index contributed by atoms with van der Waals surface area (Å²) in [5, 5.41) is 0. The van der Waals surface area contributed by atoms with Crippen LogP contribution in [0.25, 0.3) is 0 Å². The molecule has 3 rings (SSSR count). The highest BCUT2D eigenvalue weighted by molar-refractivity contribution is 6.55. The molecule has 0 radical (unpaired) electrons. The second-order valence-electron chi connectivity index (χ2n) is 7.16. The van der Waals surface area contributed by atoms with Crippen LogP contribution in [0.2, 0.25) is 0 Å². The van der Waals surface area contributed by atoms with E-state index in [1.807, 2.05) is 13.8 Å². The Bertz CT molecular complexity index is 892. The average Bonchev–Trinajstić information content (AvgIpc) is 3.16. The van der Waals surface area contributed by atoms with Gasteiger partial charge >= 0.3 is 5.97 Å². The number of carbonyl (C=O) groups excluding carboxylic acids is 1. The summed E-state index contributed by atoms with van der Waals surface area (Å²) >= 11 is 17.7. The molecule has 2 aromatic rings. The van der Waals surface area contributed by atoms with Crippen LogP contribution in [0, 0.1) is 23.1 Å². The summed E-state index contributed by atoms with van der Waals surface area (Å²) in [5.41, 5.74) is -0.705. The van der Waals surface area contributed by atoms with Gasteiger partial charge in [0.2, 0.25) is 5.56 Å².